The predicted molar refractivity (Wildman–Crippen MR) is 98.5 cm³/mol. The fourth-order valence-electron chi connectivity index (χ4n) is 2.60. The van der Waals surface area contributed by atoms with E-state index in [1.54, 1.807) is 0 Å². The molecular weight excluding hydrogens is 318 g/mol. The highest BCUT2D eigenvalue weighted by Gasteiger charge is 2.10. The van der Waals surface area contributed by atoms with Gasteiger partial charge >= 0.3 is 0 Å². The maximum atomic E-state index is 9.32. The van der Waals surface area contributed by atoms with Gasteiger partial charge in [-0.2, -0.15) is 5.10 Å². The molecule has 0 saturated heterocycles. The summed E-state index contributed by atoms with van der Waals surface area (Å²) < 4.78 is 5.58. The zero-order valence-electron chi connectivity index (χ0n) is 15.1. The average molecular weight is 347 g/mol. The fourth-order valence-corrected chi connectivity index (χ4v) is 2.60. The number of H-pyrrole nitrogens is 1. The number of aliphatic hydroxyl groups is 2. The van der Waals surface area contributed by atoms with E-state index in [2.05, 4.69) is 29.1 Å². The van der Waals surface area contributed by atoms with Crippen molar-refractivity contribution in [1.29, 1.82) is 0 Å². The fraction of sp³-hybridized carbons (Fsp3) is 0.526. The summed E-state index contributed by atoms with van der Waals surface area (Å²) in [6.45, 7) is 4.28. The largest absolute Gasteiger partial charge is 0.493 e. The van der Waals surface area contributed by atoms with Crippen molar-refractivity contribution in [3.63, 3.8) is 0 Å². The number of nitrogens with zero attached hydrogens (tertiary/aromatic N) is 2. The minimum atomic E-state index is -0.725. The molecule has 3 N–H and O–H groups in total. The third-order valence-corrected chi connectivity index (χ3v) is 4.13. The molecular formula is C19H29N3O3. The Hall–Kier alpha value is -1.89. The maximum Gasteiger partial charge on any atom is 0.119 e. The maximum absolute atomic E-state index is 9.32. The third-order valence-electron chi connectivity index (χ3n) is 4.13. The molecule has 0 aliphatic heterocycles. The van der Waals surface area contributed by atoms with Crippen molar-refractivity contribution in [2.24, 2.45) is 0 Å². The first kappa shape index (κ1) is 19.4. The van der Waals surface area contributed by atoms with Crippen LogP contribution < -0.4 is 4.74 Å². The van der Waals surface area contributed by atoms with E-state index < -0.39 is 6.10 Å². The van der Waals surface area contributed by atoms with Crippen LogP contribution in [-0.4, -0.2) is 58.2 Å². The second-order valence-electron chi connectivity index (χ2n) is 6.36. The molecule has 138 valence electrons. The summed E-state index contributed by atoms with van der Waals surface area (Å²) in [6.07, 6.45) is 3.96. The molecule has 2 rings (SSSR count). The van der Waals surface area contributed by atoms with E-state index in [1.165, 1.54) is 18.4 Å². The highest BCUT2D eigenvalue weighted by Crippen LogP contribution is 2.24. The summed E-state index contributed by atoms with van der Waals surface area (Å²) in [5.74, 6) is 0.745. The van der Waals surface area contributed by atoms with Crippen LogP contribution >= 0.6 is 0 Å². The summed E-state index contributed by atoms with van der Waals surface area (Å²) >= 11 is 0. The van der Waals surface area contributed by atoms with E-state index >= 15 is 0 Å². The number of benzene rings is 1. The summed E-state index contributed by atoms with van der Waals surface area (Å²) in [5.41, 5.74) is 3.28. The van der Waals surface area contributed by atoms with Crippen molar-refractivity contribution in [1.82, 2.24) is 15.1 Å². The van der Waals surface area contributed by atoms with Gasteiger partial charge in [-0.05, 0) is 44.3 Å². The van der Waals surface area contributed by atoms with Gasteiger partial charge in [0.15, 0.2) is 0 Å². The van der Waals surface area contributed by atoms with Crippen molar-refractivity contribution >= 4 is 0 Å². The second kappa shape index (κ2) is 10.2. The molecule has 0 aliphatic rings. The molecule has 0 amide bonds. The van der Waals surface area contributed by atoms with Gasteiger partial charge in [0, 0.05) is 24.1 Å². The lowest BCUT2D eigenvalue weighted by Gasteiger charge is -2.16. The first-order chi connectivity index (χ1) is 12.1. The highest BCUT2D eigenvalue weighted by molar-refractivity contribution is 5.63. The number of aromatic amines is 1. The van der Waals surface area contributed by atoms with Gasteiger partial charge < -0.3 is 19.8 Å². The molecule has 0 radical (unpaired) electrons. The molecule has 1 aromatic heterocycles. The van der Waals surface area contributed by atoms with Crippen LogP contribution in [0.5, 0.6) is 5.75 Å². The first-order valence-electron chi connectivity index (χ1n) is 8.87. The van der Waals surface area contributed by atoms with Crippen molar-refractivity contribution in [3.8, 4) is 17.0 Å². The molecule has 25 heavy (non-hydrogen) atoms. The SMILES string of the molecule is CCCCN(C)Cc1cn[nH]c1-c1ccc(OCCC(O)CO)cc1. The zero-order chi connectivity index (χ0) is 18.1. The molecule has 6 nitrogen and oxygen atoms in total. The Bertz CT molecular complexity index is 613. The van der Waals surface area contributed by atoms with Crippen molar-refractivity contribution in [2.45, 2.75) is 38.8 Å². The lowest BCUT2D eigenvalue weighted by molar-refractivity contribution is 0.0754. The molecule has 6 heteroatoms. The molecule has 1 unspecified atom stereocenters. The first-order valence-corrected chi connectivity index (χ1v) is 8.87. The van der Waals surface area contributed by atoms with Crippen LogP contribution in [0.15, 0.2) is 30.5 Å². The molecule has 0 aliphatic carbocycles. The van der Waals surface area contributed by atoms with Crippen LogP contribution in [0, 0.1) is 0 Å². The van der Waals surface area contributed by atoms with Crippen LogP contribution in [0.4, 0.5) is 0 Å². The third kappa shape index (κ3) is 6.16. The summed E-state index contributed by atoms with van der Waals surface area (Å²) in [5, 5.41) is 25.4. The molecule has 0 bridgehead atoms. The zero-order valence-corrected chi connectivity index (χ0v) is 15.1. The molecule has 0 saturated carbocycles. The average Bonchev–Trinajstić information content (AvgIpc) is 3.08. The van der Waals surface area contributed by atoms with Gasteiger partial charge in [-0.1, -0.05) is 13.3 Å². The van der Waals surface area contributed by atoms with Gasteiger partial charge in [0.1, 0.15) is 5.75 Å². The topological polar surface area (TPSA) is 81.6 Å². The predicted octanol–water partition coefficient (Wildman–Crippen LogP) is 2.43. The number of hydrogen-bond acceptors (Lipinski definition) is 5. The van der Waals surface area contributed by atoms with Crippen LogP contribution in [0.1, 0.15) is 31.7 Å². The Morgan fingerprint density at radius 1 is 1.28 bits per heavy atom. The monoisotopic (exact) mass is 347 g/mol. The lowest BCUT2D eigenvalue weighted by atomic mass is 10.1. The van der Waals surface area contributed by atoms with E-state index in [1.807, 2.05) is 30.5 Å². The highest BCUT2D eigenvalue weighted by atomic mass is 16.5. The number of nitrogens with one attached hydrogen (secondary N) is 1. The Balaban J connectivity index is 1.95. The van der Waals surface area contributed by atoms with Gasteiger partial charge in [0.25, 0.3) is 0 Å². The Morgan fingerprint density at radius 2 is 2.04 bits per heavy atom. The Labute approximate surface area is 149 Å². The summed E-state index contributed by atoms with van der Waals surface area (Å²) in [7, 11) is 2.13. The van der Waals surface area contributed by atoms with E-state index in [4.69, 9.17) is 9.84 Å². The van der Waals surface area contributed by atoms with Crippen LogP contribution in [0.3, 0.4) is 0 Å². The van der Waals surface area contributed by atoms with Gasteiger partial charge in [-0.25, -0.2) is 0 Å². The van der Waals surface area contributed by atoms with E-state index in [0.717, 1.165) is 30.1 Å². The van der Waals surface area contributed by atoms with Gasteiger partial charge in [-0.15, -0.1) is 0 Å². The minimum Gasteiger partial charge on any atom is -0.493 e. The molecule has 2 aromatic rings. The van der Waals surface area contributed by atoms with Crippen molar-refractivity contribution in [3.05, 3.63) is 36.0 Å². The standard InChI is InChI=1S/C19H29N3O3/c1-3-4-10-22(2)13-16-12-20-21-19(16)15-5-7-18(8-6-15)25-11-9-17(24)14-23/h5-8,12,17,23-24H,3-4,9-11,13-14H2,1-2H3,(H,20,21). The molecule has 1 heterocycles. The Kier molecular flexibility index (Phi) is 7.91. The van der Waals surface area contributed by atoms with Crippen LogP contribution in [0.2, 0.25) is 0 Å². The van der Waals surface area contributed by atoms with Crippen LogP contribution in [0.25, 0.3) is 11.3 Å². The van der Waals surface area contributed by atoms with E-state index in [0.29, 0.717) is 13.0 Å². The van der Waals surface area contributed by atoms with Gasteiger partial charge in [0.05, 0.1) is 31.2 Å². The van der Waals surface area contributed by atoms with Crippen molar-refractivity contribution < 1.29 is 14.9 Å². The number of rotatable bonds is 11. The molecule has 1 atom stereocenters. The number of ether oxygens (including phenoxy) is 1. The molecule has 0 fully saturated rings. The number of unbranched alkanes of at least 4 members (excludes halogenated alkanes) is 1. The van der Waals surface area contributed by atoms with Crippen LogP contribution in [-0.2, 0) is 6.54 Å². The normalized spacial score (nSPS) is 12.5. The minimum absolute atomic E-state index is 0.238. The van der Waals surface area contributed by atoms with E-state index in [9.17, 15) is 5.11 Å². The quantitative estimate of drug-likeness (QED) is 0.582. The summed E-state index contributed by atoms with van der Waals surface area (Å²) in [6, 6.07) is 7.82. The lowest BCUT2D eigenvalue weighted by Crippen LogP contribution is -2.19. The smallest absolute Gasteiger partial charge is 0.119 e. The number of hydrogen-bond donors (Lipinski definition) is 3. The van der Waals surface area contributed by atoms with E-state index in [-0.39, 0.29) is 6.61 Å². The number of aromatic nitrogens is 2. The molecule has 0 spiro atoms. The number of aliphatic hydroxyl groups excluding tert-OH is 2. The van der Waals surface area contributed by atoms with Crippen molar-refractivity contribution in [2.75, 3.05) is 26.8 Å². The van der Waals surface area contributed by atoms with Gasteiger partial charge in [0.2, 0.25) is 0 Å². The second-order valence-corrected chi connectivity index (χ2v) is 6.36. The van der Waals surface area contributed by atoms with Gasteiger partial charge in [-0.3, -0.25) is 5.10 Å². The molecule has 1 aromatic carbocycles. The summed E-state index contributed by atoms with van der Waals surface area (Å²) in [4.78, 5) is 2.31. The Morgan fingerprint density at radius 3 is 2.72 bits per heavy atom.